The van der Waals surface area contributed by atoms with Crippen molar-refractivity contribution in [2.45, 2.75) is 182 Å². The van der Waals surface area contributed by atoms with Crippen molar-refractivity contribution in [1.82, 2.24) is 41.7 Å². The third-order valence-electron chi connectivity index (χ3n) is 14.5. The van der Waals surface area contributed by atoms with E-state index in [4.69, 9.17) is 39.5 Å². The molecule has 0 fully saturated rings. The summed E-state index contributed by atoms with van der Waals surface area (Å²) in [6.45, 7) is 21.2. The van der Waals surface area contributed by atoms with Gasteiger partial charge in [-0.05, 0) is 74.6 Å². The molecule has 12 atom stereocenters. The van der Waals surface area contributed by atoms with E-state index in [1.807, 2.05) is 0 Å². The predicted octanol–water partition coefficient (Wildman–Crippen LogP) is 2.14. The van der Waals surface area contributed by atoms with Gasteiger partial charge in [0.15, 0.2) is 27.2 Å². The van der Waals surface area contributed by atoms with Crippen LogP contribution in [0.25, 0.3) is 0 Å². The van der Waals surface area contributed by atoms with Gasteiger partial charge in [-0.3, -0.25) is 43.2 Å². The molecule has 1 unspecified atom stereocenters. The summed E-state index contributed by atoms with van der Waals surface area (Å²) < 4.78 is 34.6. The van der Waals surface area contributed by atoms with Crippen LogP contribution in [0.2, 0.25) is 0 Å². The number of nitrogens with one attached hydrogen (secondary N) is 7. The zero-order chi connectivity index (χ0) is 69.7. The van der Waals surface area contributed by atoms with Gasteiger partial charge in [0.05, 0.1) is 31.3 Å². The van der Waals surface area contributed by atoms with Crippen LogP contribution in [0.3, 0.4) is 0 Å². The number of ether oxygens (including phenoxy) is 4. The molecule has 2 aromatic carbocycles. The van der Waals surface area contributed by atoms with E-state index < -0.39 is 170 Å². The highest BCUT2D eigenvalue weighted by Crippen LogP contribution is 2.28. The lowest BCUT2D eigenvalue weighted by atomic mass is 9.96. The fourth-order valence-corrected chi connectivity index (χ4v) is 9.60. The molecular formula is C62H96N11O18P. The monoisotopic (exact) mass is 1310 g/mol. The Labute approximate surface area is 540 Å². The van der Waals surface area contributed by atoms with Crippen LogP contribution in [-0.2, 0) is 93.8 Å². The summed E-state index contributed by atoms with van der Waals surface area (Å²) in [4.78, 5) is 162. The maximum Gasteiger partial charge on any atom is 0.333 e. The van der Waals surface area contributed by atoms with Crippen LogP contribution < -0.4 is 48.7 Å². The van der Waals surface area contributed by atoms with Crippen molar-refractivity contribution in [3.63, 3.8) is 0 Å². The summed E-state index contributed by atoms with van der Waals surface area (Å²) in [5, 5.41) is 17.9. The summed E-state index contributed by atoms with van der Waals surface area (Å²) in [5.41, 5.74) is 12.3. The number of methoxy groups -OCH3 is 1. The number of carbonyl (C=O) groups excluding carboxylic acids is 12. The third kappa shape index (κ3) is 26.6. The second-order valence-corrected chi connectivity index (χ2v) is 23.7. The Morgan fingerprint density at radius 1 is 0.674 bits per heavy atom. The van der Waals surface area contributed by atoms with Crippen LogP contribution in [0.1, 0.15) is 113 Å². The SMILES string of the molecule is C=C(C(=O)N[C@@H](C)C(=O)N(C)[C@@H](C)C(=O)N[C@H](C(=O)NC)[C@H](OC(=O)[C@@H](NC(=O)CC)[C@H](OPOCc1ccc(NC(=O)[C@@H](N)CCCNC(N)=O)cc1)C(C)C)C(C)C)N(C)C(=O)[C@@H](Cc1ccccc1)OC(=O)[C@@H](NC(C)=O)[C@H](OC(=O)C[C@@H](C)OC)C(C)C. The fraction of sp³-hybridized carbons (Fsp3) is 0.581. The molecule has 11 N–H and O–H groups in total. The van der Waals surface area contributed by atoms with Gasteiger partial charge in [-0.15, -0.1) is 0 Å². The van der Waals surface area contributed by atoms with Crippen LogP contribution in [-0.4, -0.2) is 183 Å². The van der Waals surface area contributed by atoms with Crippen molar-refractivity contribution in [2.24, 2.45) is 29.2 Å². The van der Waals surface area contributed by atoms with E-state index in [1.165, 1.54) is 42.1 Å². The normalized spacial score (nSPS) is 14.9. The molecular weight excluding hydrogens is 1220 g/mol. The summed E-state index contributed by atoms with van der Waals surface area (Å²) in [6, 6.07) is 6.35. The van der Waals surface area contributed by atoms with E-state index in [0.717, 1.165) is 16.7 Å². The Kier molecular flexibility index (Phi) is 34.8. The summed E-state index contributed by atoms with van der Waals surface area (Å²) >= 11 is 0. The molecule has 0 saturated carbocycles. The van der Waals surface area contributed by atoms with Crippen molar-refractivity contribution < 1.29 is 85.5 Å². The summed E-state index contributed by atoms with van der Waals surface area (Å²) in [5.74, 6) is -10.5. The number of nitrogens with two attached hydrogens (primary N) is 2. The Bertz CT molecular complexity index is 2830. The second-order valence-electron chi connectivity index (χ2n) is 23.0. The Hall–Kier alpha value is -8.11. The van der Waals surface area contributed by atoms with E-state index in [-0.39, 0.29) is 32.4 Å². The van der Waals surface area contributed by atoms with Crippen molar-refractivity contribution in [3.05, 3.63) is 78.0 Å². The first-order valence-electron chi connectivity index (χ1n) is 30.2. The standard InChI is InChI=1S/C62H96N11O18P/c1-17-46(75)70-50(53(35(6)7)91-92-87-32-42-25-27-43(28-26-42)69-56(79)44(63)24-21-29-66-62(64)85)61(84)90-51(33(2)3)48(57(80)65-13)71-55(78)39(11)72(14)58(81)37(9)67-54(77)38(10)73(15)59(82)45(31-41-22-19-18-20-23-41)88-60(83)49(68-40(12)74)52(34(4)5)89-47(76)30-36(8)86-16/h18-20,22-23,25-28,33-37,39,44-45,48-53,92H,10,17,21,24,29-32,63H2,1-9,11-16H3,(H,65,80)(H,67,77)(H,68,74)(H,69,79)(H,70,75)(H,71,78)(H3,64,66,85)/t36-,37+,39+,44+,45-,48+,49+,50+,51-,52-,53-/m1/s1. The molecule has 0 aliphatic rings. The molecule has 0 aromatic heterocycles. The number of rotatable bonds is 39. The van der Waals surface area contributed by atoms with Gasteiger partial charge in [0.2, 0.25) is 35.4 Å². The number of nitrogens with zero attached hydrogens (tertiary/aromatic N) is 2. The van der Waals surface area contributed by atoms with Crippen molar-refractivity contribution >= 4 is 85.9 Å². The predicted molar refractivity (Wildman–Crippen MR) is 341 cm³/mol. The van der Waals surface area contributed by atoms with Crippen molar-refractivity contribution in [2.75, 3.05) is 40.1 Å². The van der Waals surface area contributed by atoms with Crippen LogP contribution in [0.15, 0.2) is 66.9 Å². The molecule has 92 heavy (non-hydrogen) atoms. The zero-order valence-electron chi connectivity index (χ0n) is 55.3. The lowest BCUT2D eigenvalue weighted by Gasteiger charge is -2.34. The Morgan fingerprint density at radius 2 is 1.25 bits per heavy atom. The molecule has 2 rings (SSSR count). The first-order chi connectivity index (χ1) is 43.2. The van der Waals surface area contributed by atoms with Crippen molar-refractivity contribution in [3.8, 4) is 0 Å². The van der Waals surface area contributed by atoms with Crippen LogP contribution in [0.4, 0.5) is 10.5 Å². The van der Waals surface area contributed by atoms with E-state index in [9.17, 15) is 57.5 Å². The van der Waals surface area contributed by atoms with Gasteiger partial charge in [-0.25, -0.2) is 14.4 Å². The lowest BCUT2D eigenvalue weighted by Crippen LogP contribution is -2.61. The van der Waals surface area contributed by atoms with Gasteiger partial charge in [0.1, 0.15) is 36.0 Å². The van der Waals surface area contributed by atoms with Gasteiger partial charge in [0, 0.05) is 60.3 Å². The molecule has 0 aliphatic carbocycles. The van der Waals surface area contributed by atoms with Crippen LogP contribution in [0.5, 0.6) is 0 Å². The average Bonchev–Trinajstić information content (AvgIpc) is 1.23. The topological polar surface area (TPSA) is 403 Å². The number of carbonyl (C=O) groups is 12. The summed E-state index contributed by atoms with van der Waals surface area (Å²) in [7, 11) is 4.50. The van der Waals surface area contributed by atoms with E-state index in [0.29, 0.717) is 29.7 Å². The third-order valence-corrected chi connectivity index (χ3v) is 15.1. The molecule has 0 aliphatic heterocycles. The molecule has 0 spiro atoms. The largest absolute Gasteiger partial charge is 0.459 e. The first-order valence-corrected chi connectivity index (χ1v) is 31.0. The number of esters is 3. The lowest BCUT2D eigenvalue weighted by molar-refractivity contribution is -0.170. The Balaban J connectivity index is 2.27. The second kappa shape index (κ2) is 40.0. The number of urea groups is 1. The van der Waals surface area contributed by atoms with Gasteiger partial charge in [-0.2, -0.15) is 0 Å². The number of likely N-dealkylation sites (N-methyl/N-ethyl adjacent to an activating group) is 3. The van der Waals surface area contributed by atoms with E-state index in [1.54, 1.807) is 110 Å². The number of anilines is 1. The van der Waals surface area contributed by atoms with Gasteiger partial charge in [-0.1, -0.05) is 97.5 Å². The van der Waals surface area contributed by atoms with Gasteiger partial charge < -0.3 is 86.5 Å². The van der Waals surface area contributed by atoms with Gasteiger partial charge >= 0.3 is 23.9 Å². The van der Waals surface area contributed by atoms with E-state index >= 15 is 0 Å². The molecule has 30 heteroatoms. The molecule has 10 amide bonds. The Morgan fingerprint density at radius 3 is 1.79 bits per heavy atom. The number of hydrogen-bond donors (Lipinski definition) is 9. The highest BCUT2D eigenvalue weighted by molar-refractivity contribution is 7.26. The minimum Gasteiger partial charge on any atom is -0.459 e. The smallest absolute Gasteiger partial charge is 0.333 e. The molecule has 0 bridgehead atoms. The summed E-state index contributed by atoms with van der Waals surface area (Å²) in [6.07, 6.45) is -5.50. The molecule has 0 radical (unpaired) electrons. The number of amides is 10. The average molecular weight is 1310 g/mol. The van der Waals surface area contributed by atoms with E-state index in [2.05, 4.69) is 43.8 Å². The van der Waals surface area contributed by atoms with Crippen LogP contribution in [0, 0.1) is 17.8 Å². The van der Waals surface area contributed by atoms with Crippen LogP contribution >= 0.6 is 9.03 Å². The molecule has 2 aromatic rings. The number of benzene rings is 2. The molecule has 512 valence electrons. The highest BCUT2D eigenvalue weighted by atomic mass is 31.1. The minimum atomic E-state index is -1.65. The first kappa shape index (κ1) is 80.0. The minimum absolute atomic E-state index is 0.0250. The molecule has 0 heterocycles. The highest BCUT2D eigenvalue weighted by Gasteiger charge is 2.43. The maximum absolute atomic E-state index is 14.4. The number of primary amides is 1. The maximum atomic E-state index is 14.4. The quantitative estimate of drug-likeness (QED) is 0.0152. The zero-order valence-corrected chi connectivity index (χ0v) is 56.3. The van der Waals surface area contributed by atoms with Crippen molar-refractivity contribution in [1.29, 1.82) is 0 Å². The molecule has 29 nitrogen and oxygen atoms in total. The number of hydrogen-bond acceptors (Lipinski definition) is 19. The fourth-order valence-electron chi connectivity index (χ4n) is 8.79. The molecule has 0 saturated heterocycles. The van der Waals surface area contributed by atoms with Gasteiger partial charge in [0.25, 0.3) is 11.8 Å².